The van der Waals surface area contributed by atoms with Crippen molar-refractivity contribution in [2.75, 3.05) is 29.1 Å². The van der Waals surface area contributed by atoms with Gasteiger partial charge >= 0.3 is 0 Å². The van der Waals surface area contributed by atoms with E-state index in [4.69, 9.17) is 0 Å². The molecular weight excluding hydrogens is 348 g/mol. The van der Waals surface area contributed by atoms with Gasteiger partial charge in [-0.2, -0.15) is 0 Å². The summed E-state index contributed by atoms with van der Waals surface area (Å²) in [5, 5.41) is 0. The fourth-order valence-electron chi connectivity index (χ4n) is 2.87. The lowest BCUT2D eigenvalue weighted by atomic mass is 9.98. The zero-order chi connectivity index (χ0) is 19.5. The first-order chi connectivity index (χ1) is 12.1. The van der Waals surface area contributed by atoms with Crippen molar-refractivity contribution in [3.63, 3.8) is 0 Å². The average Bonchev–Trinajstić information content (AvgIpc) is 2.58. The molecule has 0 aliphatic rings. The van der Waals surface area contributed by atoms with Gasteiger partial charge in [-0.05, 0) is 36.1 Å². The Morgan fingerprint density at radius 2 is 1.65 bits per heavy atom. The molecule has 2 aromatic carbocycles. The third-order valence-corrected chi connectivity index (χ3v) is 5.45. The fraction of sp³-hybridized carbons (Fsp3) is 0.350. The lowest BCUT2D eigenvalue weighted by Gasteiger charge is -2.29. The standard InChI is InChI=1S/C20H26N2O3S/c1-15(2)18-13-9-10-16(3)20(18)22(26(5,24)25)14-19(23)21(4)17-11-7-6-8-12-17/h6-13,15H,14H2,1-5H3. The van der Waals surface area contributed by atoms with Crippen molar-refractivity contribution >= 4 is 27.3 Å². The molecule has 2 rings (SSSR count). The number of carbonyl (C=O) groups excluding carboxylic acids is 1. The van der Waals surface area contributed by atoms with E-state index in [-0.39, 0.29) is 18.4 Å². The first kappa shape index (κ1) is 20.0. The lowest BCUT2D eigenvalue weighted by Crippen LogP contribution is -2.42. The quantitative estimate of drug-likeness (QED) is 0.777. The molecule has 0 heterocycles. The van der Waals surface area contributed by atoms with Crippen molar-refractivity contribution in [1.82, 2.24) is 0 Å². The van der Waals surface area contributed by atoms with Gasteiger partial charge in [0.25, 0.3) is 0 Å². The molecule has 0 bridgehead atoms. The molecule has 0 saturated heterocycles. The summed E-state index contributed by atoms with van der Waals surface area (Å²) >= 11 is 0. The van der Waals surface area contributed by atoms with Crippen LogP contribution in [0, 0.1) is 6.92 Å². The minimum atomic E-state index is -3.62. The average molecular weight is 375 g/mol. The maximum atomic E-state index is 12.8. The smallest absolute Gasteiger partial charge is 0.247 e. The molecule has 5 nitrogen and oxygen atoms in total. The number of aryl methyl sites for hydroxylation is 1. The van der Waals surface area contributed by atoms with Crippen molar-refractivity contribution < 1.29 is 13.2 Å². The van der Waals surface area contributed by atoms with Crippen LogP contribution < -0.4 is 9.21 Å². The number of hydrogen-bond donors (Lipinski definition) is 0. The first-order valence-corrected chi connectivity index (χ1v) is 10.4. The molecule has 140 valence electrons. The molecule has 0 aliphatic carbocycles. The summed E-state index contributed by atoms with van der Waals surface area (Å²) in [6, 6.07) is 14.9. The summed E-state index contributed by atoms with van der Waals surface area (Å²) in [4.78, 5) is 14.3. The summed E-state index contributed by atoms with van der Waals surface area (Å²) in [7, 11) is -1.97. The number of amides is 1. The molecule has 0 saturated carbocycles. The normalized spacial score (nSPS) is 11.5. The van der Waals surface area contributed by atoms with E-state index in [2.05, 4.69) is 0 Å². The Morgan fingerprint density at radius 3 is 2.19 bits per heavy atom. The maximum Gasteiger partial charge on any atom is 0.247 e. The molecule has 0 radical (unpaired) electrons. The van der Waals surface area contributed by atoms with Crippen molar-refractivity contribution in [2.24, 2.45) is 0 Å². The molecule has 6 heteroatoms. The Morgan fingerprint density at radius 1 is 1.04 bits per heavy atom. The summed E-state index contributed by atoms with van der Waals surface area (Å²) in [5.41, 5.74) is 3.06. The van der Waals surface area contributed by atoms with Crippen LogP contribution in [0.25, 0.3) is 0 Å². The van der Waals surface area contributed by atoms with Gasteiger partial charge in [-0.15, -0.1) is 0 Å². The van der Waals surface area contributed by atoms with E-state index >= 15 is 0 Å². The van der Waals surface area contributed by atoms with Gasteiger partial charge < -0.3 is 4.90 Å². The predicted molar refractivity (Wildman–Crippen MR) is 107 cm³/mol. The number of hydrogen-bond acceptors (Lipinski definition) is 3. The summed E-state index contributed by atoms with van der Waals surface area (Å²) in [5.74, 6) is -0.157. The van der Waals surface area contributed by atoms with Crippen LogP contribution in [0.2, 0.25) is 0 Å². The SMILES string of the molecule is Cc1cccc(C(C)C)c1N(CC(=O)N(C)c1ccccc1)S(C)(=O)=O. The molecule has 2 aromatic rings. The van der Waals surface area contributed by atoms with Gasteiger partial charge in [-0.1, -0.05) is 50.2 Å². The van der Waals surface area contributed by atoms with Gasteiger partial charge in [-0.25, -0.2) is 8.42 Å². The van der Waals surface area contributed by atoms with Crippen LogP contribution in [-0.4, -0.2) is 34.2 Å². The van der Waals surface area contributed by atoms with E-state index in [1.54, 1.807) is 7.05 Å². The molecule has 26 heavy (non-hydrogen) atoms. The second-order valence-electron chi connectivity index (χ2n) is 6.73. The van der Waals surface area contributed by atoms with E-state index < -0.39 is 10.0 Å². The number of sulfonamides is 1. The third kappa shape index (κ3) is 4.43. The molecule has 0 aliphatic heterocycles. The first-order valence-electron chi connectivity index (χ1n) is 8.51. The van der Waals surface area contributed by atoms with Gasteiger partial charge in [0.05, 0.1) is 11.9 Å². The van der Waals surface area contributed by atoms with Crippen molar-refractivity contribution in [2.45, 2.75) is 26.7 Å². The van der Waals surface area contributed by atoms with Gasteiger partial charge in [0.2, 0.25) is 15.9 Å². The highest BCUT2D eigenvalue weighted by Gasteiger charge is 2.27. The zero-order valence-electron chi connectivity index (χ0n) is 15.9. The second kappa shape index (κ2) is 7.91. The van der Waals surface area contributed by atoms with Crippen LogP contribution in [0.4, 0.5) is 11.4 Å². The minimum Gasteiger partial charge on any atom is -0.314 e. The van der Waals surface area contributed by atoms with E-state index in [0.717, 1.165) is 23.1 Å². The van der Waals surface area contributed by atoms with Crippen molar-refractivity contribution in [3.8, 4) is 0 Å². The number of likely N-dealkylation sites (N-methyl/N-ethyl adjacent to an activating group) is 1. The number of rotatable bonds is 6. The Bertz CT molecular complexity index is 877. The van der Waals surface area contributed by atoms with Gasteiger partial charge in [-0.3, -0.25) is 9.10 Å². The molecule has 1 amide bonds. The van der Waals surface area contributed by atoms with Gasteiger partial charge in [0.1, 0.15) is 6.54 Å². The fourth-order valence-corrected chi connectivity index (χ4v) is 3.80. The van der Waals surface area contributed by atoms with E-state index in [1.807, 2.05) is 69.3 Å². The van der Waals surface area contributed by atoms with Crippen molar-refractivity contribution in [3.05, 3.63) is 59.7 Å². The Labute approximate surface area is 156 Å². The van der Waals surface area contributed by atoms with Crippen LogP contribution in [0.15, 0.2) is 48.5 Å². The molecule has 0 aromatic heterocycles. The Hall–Kier alpha value is -2.34. The Kier molecular flexibility index (Phi) is 6.08. The minimum absolute atomic E-state index is 0.135. The molecular formula is C20H26N2O3S. The summed E-state index contributed by atoms with van der Waals surface area (Å²) < 4.78 is 26.2. The van der Waals surface area contributed by atoms with E-state index in [1.165, 1.54) is 9.21 Å². The van der Waals surface area contributed by atoms with Gasteiger partial charge in [0.15, 0.2) is 0 Å². The number of para-hydroxylation sites is 2. The van der Waals surface area contributed by atoms with Crippen LogP contribution >= 0.6 is 0 Å². The monoisotopic (exact) mass is 374 g/mol. The third-order valence-electron chi connectivity index (χ3n) is 4.34. The maximum absolute atomic E-state index is 12.8. The van der Waals surface area contributed by atoms with Gasteiger partial charge in [0, 0.05) is 12.7 Å². The molecule has 0 atom stereocenters. The molecule has 0 N–H and O–H groups in total. The molecule has 0 fully saturated rings. The van der Waals surface area contributed by atoms with Crippen LogP contribution in [0.3, 0.4) is 0 Å². The second-order valence-corrected chi connectivity index (χ2v) is 8.63. The highest BCUT2D eigenvalue weighted by atomic mass is 32.2. The van der Waals surface area contributed by atoms with Crippen molar-refractivity contribution in [1.29, 1.82) is 0 Å². The number of anilines is 2. The topological polar surface area (TPSA) is 57.7 Å². The lowest BCUT2D eigenvalue weighted by molar-refractivity contribution is -0.116. The molecule has 0 unspecified atom stereocenters. The predicted octanol–water partition coefficient (Wildman–Crippen LogP) is 3.55. The number of benzene rings is 2. The van der Waals surface area contributed by atoms with E-state index in [0.29, 0.717) is 5.69 Å². The zero-order valence-corrected chi connectivity index (χ0v) is 16.7. The summed E-state index contributed by atoms with van der Waals surface area (Å²) in [6.07, 6.45) is 1.14. The summed E-state index contributed by atoms with van der Waals surface area (Å²) in [6.45, 7) is 5.65. The largest absolute Gasteiger partial charge is 0.314 e. The number of nitrogens with zero attached hydrogens (tertiary/aromatic N) is 2. The van der Waals surface area contributed by atoms with Crippen LogP contribution in [0.1, 0.15) is 30.9 Å². The highest BCUT2D eigenvalue weighted by Crippen LogP contribution is 2.32. The van der Waals surface area contributed by atoms with Crippen LogP contribution in [-0.2, 0) is 14.8 Å². The van der Waals surface area contributed by atoms with E-state index in [9.17, 15) is 13.2 Å². The number of carbonyl (C=O) groups is 1. The molecule has 0 spiro atoms. The highest BCUT2D eigenvalue weighted by molar-refractivity contribution is 7.92. The Balaban J connectivity index is 2.44. The van der Waals surface area contributed by atoms with Crippen LogP contribution in [0.5, 0.6) is 0 Å².